The van der Waals surface area contributed by atoms with Crippen LogP contribution in [0.25, 0.3) is 0 Å². The lowest BCUT2D eigenvalue weighted by Crippen LogP contribution is -2.58. The minimum Gasteiger partial charge on any atom is -0.356 e. The smallest absolute Gasteiger partial charge is 0.128 e. The van der Waals surface area contributed by atoms with Crippen LogP contribution in [0.15, 0.2) is 18.3 Å². The van der Waals surface area contributed by atoms with E-state index in [-0.39, 0.29) is 0 Å². The molecule has 3 nitrogen and oxygen atoms in total. The predicted molar refractivity (Wildman–Crippen MR) is 61.0 cm³/mol. The Kier molecular flexibility index (Phi) is 2.13. The average Bonchev–Trinajstić information content (AvgIpc) is 2.09. The minimum atomic E-state index is 0.898. The fraction of sp³-hybridized carbons (Fsp3) is 0.583. The minimum absolute atomic E-state index is 0.898. The Morgan fingerprint density at radius 2 is 2.07 bits per heavy atom. The van der Waals surface area contributed by atoms with Gasteiger partial charge in [0.05, 0.1) is 0 Å². The molecule has 2 fully saturated rings. The summed E-state index contributed by atoms with van der Waals surface area (Å²) in [5, 5.41) is 3.34. The first-order chi connectivity index (χ1) is 7.33. The summed E-state index contributed by atoms with van der Waals surface area (Å²) in [6.07, 6.45) is 1.95. The van der Waals surface area contributed by atoms with Crippen molar-refractivity contribution in [2.45, 2.75) is 6.92 Å². The summed E-state index contributed by atoms with van der Waals surface area (Å²) in [6.45, 7) is 6.92. The maximum atomic E-state index is 4.45. The highest BCUT2D eigenvalue weighted by atomic mass is 15.2. The Balaban J connectivity index is 1.59. The Morgan fingerprint density at radius 3 is 2.60 bits per heavy atom. The van der Waals surface area contributed by atoms with E-state index in [2.05, 4.69) is 34.3 Å². The summed E-state index contributed by atoms with van der Waals surface area (Å²) in [4.78, 5) is 6.83. The van der Waals surface area contributed by atoms with Crippen LogP contribution in [0, 0.1) is 18.8 Å². The molecule has 1 aromatic heterocycles. The molecule has 1 N–H and O–H groups in total. The molecular formula is C12H17N3. The molecule has 80 valence electrons. The lowest BCUT2D eigenvalue weighted by molar-refractivity contribution is 0.196. The summed E-state index contributed by atoms with van der Waals surface area (Å²) in [5.41, 5.74) is 1.24. The van der Waals surface area contributed by atoms with Crippen molar-refractivity contribution < 1.29 is 0 Å². The molecule has 2 saturated heterocycles. The zero-order chi connectivity index (χ0) is 10.3. The van der Waals surface area contributed by atoms with E-state index in [0.717, 1.165) is 17.7 Å². The van der Waals surface area contributed by atoms with E-state index in [9.17, 15) is 0 Å². The highest BCUT2D eigenvalue weighted by Crippen LogP contribution is 2.29. The van der Waals surface area contributed by atoms with Crippen LogP contribution in [0.1, 0.15) is 5.56 Å². The molecule has 3 rings (SSSR count). The third-order valence-corrected chi connectivity index (χ3v) is 3.61. The van der Waals surface area contributed by atoms with Gasteiger partial charge in [0, 0.05) is 19.3 Å². The van der Waals surface area contributed by atoms with Crippen LogP contribution < -0.4 is 10.2 Å². The van der Waals surface area contributed by atoms with Crippen LogP contribution in [0.4, 0.5) is 5.82 Å². The molecule has 15 heavy (non-hydrogen) atoms. The molecular weight excluding hydrogens is 186 g/mol. The number of hydrogen-bond acceptors (Lipinski definition) is 3. The topological polar surface area (TPSA) is 28.2 Å². The summed E-state index contributed by atoms with van der Waals surface area (Å²) in [6, 6.07) is 4.27. The number of pyridine rings is 1. The van der Waals surface area contributed by atoms with Gasteiger partial charge in [-0.25, -0.2) is 4.98 Å². The number of aromatic nitrogens is 1. The summed E-state index contributed by atoms with van der Waals surface area (Å²) in [5.74, 6) is 2.96. The van der Waals surface area contributed by atoms with Crippen molar-refractivity contribution in [1.82, 2.24) is 10.3 Å². The molecule has 0 atom stereocenters. The molecule has 0 amide bonds. The number of hydrogen-bond donors (Lipinski definition) is 1. The van der Waals surface area contributed by atoms with Crippen LogP contribution in [0.2, 0.25) is 0 Å². The van der Waals surface area contributed by atoms with Crippen molar-refractivity contribution in [2.24, 2.45) is 11.8 Å². The molecule has 2 aliphatic heterocycles. The van der Waals surface area contributed by atoms with Crippen LogP contribution in [0.3, 0.4) is 0 Å². The number of rotatable bonds is 2. The number of aryl methyl sites for hydroxylation is 1. The molecule has 0 bridgehead atoms. The quantitative estimate of drug-likeness (QED) is 0.778. The highest BCUT2D eigenvalue weighted by molar-refractivity contribution is 5.42. The van der Waals surface area contributed by atoms with E-state index in [0.29, 0.717) is 0 Å². The van der Waals surface area contributed by atoms with Gasteiger partial charge in [0.1, 0.15) is 5.82 Å². The van der Waals surface area contributed by atoms with Crippen LogP contribution >= 0.6 is 0 Å². The summed E-state index contributed by atoms with van der Waals surface area (Å²) < 4.78 is 0. The van der Waals surface area contributed by atoms with Crippen molar-refractivity contribution in [3.63, 3.8) is 0 Å². The lowest BCUT2D eigenvalue weighted by Gasteiger charge is -2.47. The molecule has 0 radical (unpaired) electrons. The van der Waals surface area contributed by atoms with Gasteiger partial charge in [-0.15, -0.1) is 0 Å². The van der Waals surface area contributed by atoms with Gasteiger partial charge in [-0.3, -0.25) is 0 Å². The van der Waals surface area contributed by atoms with E-state index >= 15 is 0 Å². The maximum Gasteiger partial charge on any atom is 0.128 e. The monoisotopic (exact) mass is 203 g/mol. The normalized spacial score (nSPS) is 22.3. The van der Waals surface area contributed by atoms with Crippen LogP contribution in [0.5, 0.6) is 0 Å². The fourth-order valence-corrected chi connectivity index (χ4v) is 2.29. The second-order valence-corrected chi connectivity index (χ2v) is 4.78. The molecule has 2 aliphatic rings. The fourth-order valence-electron chi connectivity index (χ4n) is 2.29. The highest BCUT2D eigenvalue weighted by Gasteiger charge is 2.36. The standard InChI is InChI=1S/C12H17N3/c1-9-2-3-12(14-4-9)15-7-11(8-15)10-5-13-6-10/h2-4,10-11,13H,5-8H2,1H3. The van der Waals surface area contributed by atoms with Crippen molar-refractivity contribution >= 4 is 5.82 Å². The zero-order valence-electron chi connectivity index (χ0n) is 9.11. The maximum absolute atomic E-state index is 4.45. The van der Waals surface area contributed by atoms with Gasteiger partial charge in [-0.1, -0.05) is 6.07 Å². The Hall–Kier alpha value is -1.09. The molecule has 0 spiro atoms. The van der Waals surface area contributed by atoms with Crippen molar-refractivity contribution in [3.8, 4) is 0 Å². The molecule has 3 heterocycles. The van der Waals surface area contributed by atoms with E-state index in [4.69, 9.17) is 0 Å². The third kappa shape index (κ3) is 1.61. The largest absolute Gasteiger partial charge is 0.356 e. The van der Waals surface area contributed by atoms with Crippen molar-refractivity contribution in [1.29, 1.82) is 0 Å². The van der Waals surface area contributed by atoms with Gasteiger partial charge in [0.2, 0.25) is 0 Å². The summed E-state index contributed by atoms with van der Waals surface area (Å²) in [7, 11) is 0. The Bertz CT molecular complexity index is 336. The molecule has 0 aromatic carbocycles. The number of nitrogens with one attached hydrogen (secondary N) is 1. The van der Waals surface area contributed by atoms with E-state index in [1.54, 1.807) is 0 Å². The first kappa shape index (κ1) is 9.16. The lowest BCUT2D eigenvalue weighted by atomic mass is 9.82. The zero-order valence-corrected chi connectivity index (χ0v) is 9.11. The average molecular weight is 203 g/mol. The van der Waals surface area contributed by atoms with E-state index < -0.39 is 0 Å². The van der Waals surface area contributed by atoms with Gasteiger partial charge >= 0.3 is 0 Å². The molecule has 0 aliphatic carbocycles. The van der Waals surface area contributed by atoms with Gasteiger partial charge in [-0.2, -0.15) is 0 Å². The van der Waals surface area contributed by atoms with Gasteiger partial charge in [0.15, 0.2) is 0 Å². The van der Waals surface area contributed by atoms with Crippen LogP contribution in [-0.4, -0.2) is 31.2 Å². The first-order valence-corrected chi connectivity index (χ1v) is 5.71. The number of anilines is 1. The second-order valence-electron chi connectivity index (χ2n) is 4.78. The van der Waals surface area contributed by atoms with Crippen molar-refractivity contribution in [3.05, 3.63) is 23.9 Å². The SMILES string of the molecule is Cc1ccc(N2CC(C3CNC3)C2)nc1. The van der Waals surface area contributed by atoms with Crippen molar-refractivity contribution in [2.75, 3.05) is 31.1 Å². The Morgan fingerprint density at radius 1 is 1.27 bits per heavy atom. The molecule has 3 heteroatoms. The first-order valence-electron chi connectivity index (χ1n) is 5.71. The van der Waals surface area contributed by atoms with Gasteiger partial charge in [-0.05, 0) is 43.5 Å². The van der Waals surface area contributed by atoms with Gasteiger partial charge in [0.25, 0.3) is 0 Å². The predicted octanol–water partition coefficient (Wildman–Crippen LogP) is 1.05. The molecule has 1 aromatic rings. The van der Waals surface area contributed by atoms with Gasteiger partial charge < -0.3 is 10.2 Å². The third-order valence-electron chi connectivity index (χ3n) is 3.61. The van der Waals surface area contributed by atoms with E-state index in [1.165, 1.54) is 31.7 Å². The molecule has 0 unspecified atom stereocenters. The van der Waals surface area contributed by atoms with E-state index in [1.807, 2.05) is 6.20 Å². The molecule has 0 saturated carbocycles. The number of nitrogens with zero attached hydrogens (tertiary/aromatic N) is 2. The summed E-state index contributed by atoms with van der Waals surface area (Å²) >= 11 is 0. The second kappa shape index (κ2) is 3.49. The van der Waals surface area contributed by atoms with Crippen LogP contribution in [-0.2, 0) is 0 Å². The Labute approximate surface area is 90.5 Å².